The summed E-state index contributed by atoms with van der Waals surface area (Å²) in [5, 5.41) is 5.17. The van der Waals surface area contributed by atoms with Crippen LogP contribution in [0.3, 0.4) is 0 Å². The molecule has 0 bridgehead atoms. The fourth-order valence-corrected chi connectivity index (χ4v) is 2.72. The zero-order valence-electron chi connectivity index (χ0n) is 12.9. The molecule has 0 aliphatic rings. The van der Waals surface area contributed by atoms with Crippen LogP contribution in [0.15, 0.2) is 29.2 Å². The van der Waals surface area contributed by atoms with E-state index in [1.165, 1.54) is 19.1 Å². The van der Waals surface area contributed by atoms with E-state index in [-0.39, 0.29) is 17.6 Å². The van der Waals surface area contributed by atoms with Crippen LogP contribution in [0, 0.1) is 0 Å². The van der Waals surface area contributed by atoms with Gasteiger partial charge in [0, 0.05) is 24.1 Å². The van der Waals surface area contributed by atoms with Gasteiger partial charge in [0.15, 0.2) is 0 Å². The Morgan fingerprint density at radius 1 is 1.30 bits per heavy atom. The number of hydrogen-bond acceptors (Lipinski definition) is 3. The van der Waals surface area contributed by atoms with Crippen molar-refractivity contribution in [2.75, 3.05) is 12.3 Å². The van der Waals surface area contributed by atoms with Gasteiger partial charge in [0.25, 0.3) is 0 Å². The topological polar surface area (TPSA) is 58.2 Å². The molecule has 1 aromatic rings. The number of nitrogens with one attached hydrogen (secondary N) is 2. The number of alkyl halides is 3. The molecule has 1 rings (SSSR count). The highest BCUT2D eigenvalue weighted by Crippen LogP contribution is 2.32. The normalized spacial score (nSPS) is 12.6. The number of carbonyl (C=O) groups excluding carboxylic acids is 2. The Morgan fingerprint density at radius 2 is 2.00 bits per heavy atom. The van der Waals surface area contributed by atoms with E-state index in [9.17, 15) is 22.8 Å². The predicted molar refractivity (Wildman–Crippen MR) is 83.1 cm³/mol. The Labute approximate surface area is 137 Å². The standard InChI is InChI=1S/C15H19F3N2O2S/c1-3-7-19-14(22)13(20-10(2)21)9-23-12-6-4-5-11(8-12)15(16,17)18/h4-6,8,13H,3,7,9H2,1-2H3,(H,19,22)(H,20,21). The monoisotopic (exact) mass is 348 g/mol. The van der Waals surface area contributed by atoms with E-state index in [0.29, 0.717) is 11.4 Å². The van der Waals surface area contributed by atoms with Gasteiger partial charge in [0.1, 0.15) is 6.04 Å². The van der Waals surface area contributed by atoms with Gasteiger partial charge in [0.05, 0.1) is 5.56 Å². The van der Waals surface area contributed by atoms with Crippen LogP contribution in [0.25, 0.3) is 0 Å². The van der Waals surface area contributed by atoms with Gasteiger partial charge in [0.2, 0.25) is 11.8 Å². The fourth-order valence-electron chi connectivity index (χ4n) is 1.74. The van der Waals surface area contributed by atoms with Gasteiger partial charge in [-0.05, 0) is 24.6 Å². The van der Waals surface area contributed by atoms with Crippen molar-refractivity contribution in [3.8, 4) is 0 Å². The second-order valence-electron chi connectivity index (χ2n) is 4.88. The molecule has 1 unspecified atom stereocenters. The number of carbonyl (C=O) groups is 2. The van der Waals surface area contributed by atoms with Crippen LogP contribution < -0.4 is 10.6 Å². The van der Waals surface area contributed by atoms with Crippen LogP contribution in [0.1, 0.15) is 25.8 Å². The minimum atomic E-state index is -4.41. The van der Waals surface area contributed by atoms with Crippen LogP contribution in [0.5, 0.6) is 0 Å². The first kappa shape index (κ1) is 19.3. The molecule has 0 fully saturated rings. The second kappa shape index (κ2) is 8.81. The van der Waals surface area contributed by atoms with Gasteiger partial charge >= 0.3 is 6.18 Å². The summed E-state index contributed by atoms with van der Waals surface area (Å²) in [6.07, 6.45) is -3.66. The van der Waals surface area contributed by atoms with Crippen LogP contribution in [-0.2, 0) is 15.8 Å². The predicted octanol–water partition coefficient (Wildman–Crippen LogP) is 2.83. The maximum atomic E-state index is 12.7. The molecule has 1 atom stereocenters. The summed E-state index contributed by atoms with van der Waals surface area (Å²) >= 11 is 1.09. The van der Waals surface area contributed by atoms with Crippen molar-refractivity contribution in [2.24, 2.45) is 0 Å². The molecule has 2 N–H and O–H groups in total. The summed E-state index contributed by atoms with van der Waals surface area (Å²) in [6, 6.07) is 4.08. The van der Waals surface area contributed by atoms with Gasteiger partial charge in [-0.15, -0.1) is 11.8 Å². The molecule has 0 aliphatic heterocycles. The third-order valence-electron chi connectivity index (χ3n) is 2.82. The highest BCUT2D eigenvalue weighted by molar-refractivity contribution is 7.99. The lowest BCUT2D eigenvalue weighted by atomic mass is 10.2. The molecule has 23 heavy (non-hydrogen) atoms. The van der Waals surface area contributed by atoms with Gasteiger partial charge < -0.3 is 10.6 Å². The van der Waals surface area contributed by atoms with E-state index in [1.54, 1.807) is 0 Å². The third-order valence-corrected chi connectivity index (χ3v) is 3.91. The molecule has 0 saturated carbocycles. The molecule has 0 aromatic heterocycles. The Balaban J connectivity index is 2.74. The lowest BCUT2D eigenvalue weighted by Crippen LogP contribution is -2.47. The minimum absolute atomic E-state index is 0.149. The van der Waals surface area contributed by atoms with Crippen molar-refractivity contribution in [3.05, 3.63) is 29.8 Å². The number of amides is 2. The minimum Gasteiger partial charge on any atom is -0.354 e. The van der Waals surface area contributed by atoms with Crippen molar-refractivity contribution in [3.63, 3.8) is 0 Å². The first-order chi connectivity index (χ1) is 10.7. The third kappa shape index (κ3) is 6.94. The summed E-state index contributed by atoms with van der Waals surface area (Å²) in [7, 11) is 0. The van der Waals surface area contributed by atoms with Crippen LogP contribution in [0.2, 0.25) is 0 Å². The van der Waals surface area contributed by atoms with E-state index >= 15 is 0 Å². The molecule has 2 amide bonds. The molecule has 4 nitrogen and oxygen atoms in total. The summed E-state index contributed by atoms with van der Waals surface area (Å²) in [6.45, 7) is 3.66. The first-order valence-electron chi connectivity index (χ1n) is 7.09. The number of rotatable bonds is 7. The molecule has 0 spiro atoms. The van der Waals surface area contributed by atoms with Crippen LogP contribution >= 0.6 is 11.8 Å². The Bertz CT molecular complexity index is 550. The van der Waals surface area contributed by atoms with Gasteiger partial charge in [-0.2, -0.15) is 13.2 Å². The number of hydrogen-bond donors (Lipinski definition) is 2. The average Bonchev–Trinajstić information content (AvgIpc) is 2.48. The molecule has 128 valence electrons. The van der Waals surface area contributed by atoms with E-state index in [0.717, 1.165) is 30.3 Å². The van der Waals surface area contributed by atoms with E-state index in [1.807, 2.05) is 6.92 Å². The molecule has 0 saturated heterocycles. The maximum Gasteiger partial charge on any atom is 0.416 e. The van der Waals surface area contributed by atoms with Gasteiger partial charge in [-0.1, -0.05) is 13.0 Å². The van der Waals surface area contributed by atoms with Crippen molar-refractivity contribution in [1.82, 2.24) is 10.6 Å². The van der Waals surface area contributed by atoms with E-state index in [2.05, 4.69) is 10.6 Å². The van der Waals surface area contributed by atoms with Crippen molar-refractivity contribution in [1.29, 1.82) is 0 Å². The lowest BCUT2D eigenvalue weighted by molar-refractivity contribution is -0.137. The van der Waals surface area contributed by atoms with Gasteiger partial charge in [-0.25, -0.2) is 0 Å². The quantitative estimate of drug-likeness (QED) is 0.745. The van der Waals surface area contributed by atoms with E-state index < -0.39 is 17.8 Å². The molecule has 0 radical (unpaired) electrons. The fraction of sp³-hybridized carbons (Fsp3) is 0.467. The largest absolute Gasteiger partial charge is 0.416 e. The Kier molecular flexibility index (Phi) is 7.41. The van der Waals surface area contributed by atoms with Crippen LogP contribution in [-0.4, -0.2) is 30.2 Å². The summed E-state index contributed by atoms with van der Waals surface area (Å²) in [4.78, 5) is 23.5. The summed E-state index contributed by atoms with van der Waals surface area (Å²) < 4.78 is 38.0. The molecule has 1 aromatic carbocycles. The Hall–Kier alpha value is -1.70. The maximum absolute atomic E-state index is 12.7. The van der Waals surface area contributed by atoms with E-state index in [4.69, 9.17) is 0 Å². The SMILES string of the molecule is CCCNC(=O)C(CSc1cccc(C(F)(F)F)c1)NC(C)=O. The molecule has 0 heterocycles. The first-order valence-corrected chi connectivity index (χ1v) is 8.07. The summed E-state index contributed by atoms with van der Waals surface area (Å²) in [5.74, 6) is -0.566. The zero-order chi connectivity index (χ0) is 17.5. The number of thioether (sulfide) groups is 1. The number of benzene rings is 1. The molecular weight excluding hydrogens is 329 g/mol. The van der Waals surface area contributed by atoms with Crippen LogP contribution in [0.4, 0.5) is 13.2 Å². The lowest BCUT2D eigenvalue weighted by Gasteiger charge is -2.17. The van der Waals surface area contributed by atoms with Crippen molar-refractivity contribution < 1.29 is 22.8 Å². The zero-order valence-corrected chi connectivity index (χ0v) is 13.7. The number of halogens is 3. The highest BCUT2D eigenvalue weighted by atomic mass is 32.2. The second-order valence-corrected chi connectivity index (χ2v) is 5.97. The summed E-state index contributed by atoms with van der Waals surface area (Å²) in [5.41, 5.74) is -0.742. The van der Waals surface area contributed by atoms with Crippen molar-refractivity contribution in [2.45, 2.75) is 37.4 Å². The molecule has 0 aliphatic carbocycles. The highest BCUT2D eigenvalue weighted by Gasteiger charge is 2.30. The van der Waals surface area contributed by atoms with Gasteiger partial charge in [-0.3, -0.25) is 9.59 Å². The smallest absolute Gasteiger partial charge is 0.354 e. The van der Waals surface area contributed by atoms with Crippen molar-refractivity contribution >= 4 is 23.6 Å². The molecule has 8 heteroatoms. The molecular formula is C15H19F3N2O2S. The Morgan fingerprint density at radius 3 is 2.57 bits per heavy atom. The average molecular weight is 348 g/mol.